The van der Waals surface area contributed by atoms with E-state index < -0.39 is 0 Å². The highest BCUT2D eigenvalue weighted by atomic mass is 14.7. The van der Waals surface area contributed by atoms with Gasteiger partial charge in [-0.3, -0.25) is 4.98 Å². The summed E-state index contributed by atoms with van der Waals surface area (Å²) in [7, 11) is 0. The van der Waals surface area contributed by atoms with E-state index in [2.05, 4.69) is 6.92 Å². The highest BCUT2D eigenvalue weighted by molar-refractivity contribution is 5.43. The number of hydrogen-bond acceptors (Lipinski definition) is 1. The van der Waals surface area contributed by atoms with Gasteiger partial charge in [-0.2, -0.15) is 0 Å². The molecule has 0 N–H and O–H groups in total. The normalized spacial score (nSPS) is 17.4. The van der Waals surface area contributed by atoms with Crippen LogP contribution in [0.4, 0.5) is 0 Å². The number of fused-ring (bicyclic) bond motifs is 3. The molecule has 2 aliphatic carbocycles. The molecule has 0 atom stereocenters. The molecule has 0 aromatic carbocycles. The molecule has 0 saturated carbocycles. The van der Waals surface area contributed by atoms with Crippen molar-refractivity contribution in [2.75, 3.05) is 0 Å². The number of unbranched alkanes of at least 4 members (excludes halogenated alkanes) is 4. The van der Waals surface area contributed by atoms with Gasteiger partial charge < -0.3 is 0 Å². The van der Waals surface area contributed by atoms with E-state index in [9.17, 15) is 0 Å². The standard InChI is InChI=1S/C20H31N/c1-2-3-4-5-6-14-19-17-12-8-7-11-16(17)18-13-9-10-15-20(18)21-19/h2-15H2,1H3. The molecule has 1 aromatic rings. The van der Waals surface area contributed by atoms with Crippen LogP contribution in [0.2, 0.25) is 0 Å². The molecule has 3 rings (SSSR count). The van der Waals surface area contributed by atoms with Gasteiger partial charge in [0.25, 0.3) is 0 Å². The van der Waals surface area contributed by atoms with Crippen LogP contribution in [0.25, 0.3) is 0 Å². The lowest BCUT2D eigenvalue weighted by Crippen LogP contribution is -2.17. The van der Waals surface area contributed by atoms with Crippen LogP contribution in [0, 0.1) is 0 Å². The van der Waals surface area contributed by atoms with Crippen LogP contribution in [0.3, 0.4) is 0 Å². The molecule has 0 bridgehead atoms. The van der Waals surface area contributed by atoms with E-state index in [4.69, 9.17) is 4.98 Å². The van der Waals surface area contributed by atoms with Gasteiger partial charge in [0.15, 0.2) is 0 Å². The maximum absolute atomic E-state index is 5.14. The molecule has 1 heteroatoms. The molecule has 1 nitrogen and oxygen atoms in total. The summed E-state index contributed by atoms with van der Waals surface area (Å²) in [6.07, 6.45) is 18.8. The molecular weight excluding hydrogens is 254 g/mol. The molecule has 0 spiro atoms. The molecule has 2 aliphatic rings. The Morgan fingerprint density at radius 3 is 2.19 bits per heavy atom. The topological polar surface area (TPSA) is 12.9 Å². The first kappa shape index (κ1) is 15.1. The smallest absolute Gasteiger partial charge is 0.0441 e. The molecule has 21 heavy (non-hydrogen) atoms. The van der Waals surface area contributed by atoms with E-state index >= 15 is 0 Å². The maximum Gasteiger partial charge on any atom is 0.0441 e. The number of pyridine rings is 1. The second kappa shape index (κ2) is 7.42. The molecule has 0 unspecified atom stereocenters. The van der Waals surface area contributed by atoms with Gasteiger partial charge in [-0.05, 0) is 80.9 Å². The molecule has 1 aromatic heterocycles. The van der Waals surface area contributed by atoms with E-state index in [0.29, 0.717) is 0 Å². The van der Waals surface area contributed by atoms with E-state index in [1.165, 1.54) is 101 Å². The van der Waals surface area contributed by atoms with Crippen LogP contribution in [0.5, 0.6) is 0 Å². The molecule has 0 saturated heterocycles. The fourth-order valence-electron chi connectivity index (χ4n) is 4.23. The Morgan fingerprint density at radius 1 is 0.714 bits per heavy atom. The van der Waals surface area contributed by atoms with Gasteiger partial charge in [0, 0.05) is 11.4 Å². The number of aryl methyl sites for hydroxylation is 2. The van der Waals surface area contributed by atoms with Crippen molar-refractivity contribution in [1.29, 1.82) is 0 Å². The van der Waals surface area contributed by atoms with E-state index in [1.54, 1.807) is 16.7 Å². The van der Waals surface area contributed by atoms with Crippen molar-refractivity contribution in [2.24, 2.45) is 0 Å². The third-order valence-corrected chi connectivity index (χ3v) is 5.41. The van der Waals surface area contributed by atoms with Crippen LogP contribution in [-0.4, -0.2) is 4.98 Å². The summed E-state index contributed by atoms with van der Waals surface area (Å²) < 4.78 is 0. The lowest BCUT2D eigenvalue weighted by Gasteiger charge is -2.27. The predicted molar refractivity (Wildman–Crippen MR) is 90.0 cm³/mol. The van der Waals surface area contributed by atoms with Gasteiger partial charge >= 0.3 is 0 Å². The largest absolute Gasteiger partial charge is 0.257 e. The Labute approximate surface area is 130 Å². The fraction of sp³-hybridized carbons (Fsp3) is 0.750. The molecule has 0 radical (unpaired) electrons. The highest BCUT2D eigenvalue weighted by Crippen LogP contribution is 2.33. The van der Waals surface area contributed by atoms with Crippen molar-refractivity contribution in [3.05, 3.63) is 28.1 Å². The summed E-state index contributed by atoms with van der Waals surface area (Å²) in [6.45, 7) is 2.29. The van der Waals surface area contributed by atoms with Gasteiger partial charge in [-0.15, -0.1) is 0 Å². The van der Waals surface area contributed by atoms with E-state index in [0.717, 1.165) is 0 Å². The summed E-state index contributed by atoms with van der Waals surface area (Å²) in [5.74, 6) is 0. The third-order valence-electron chi connectivity index (χ3n) is 5.41. The average molecular weight is 285 g/mol. The van der Waals surface area contributed by atoms with Crippen LogP contribution < -0.4 is 0 Å². The van der Waals surface area contributed by atoms with Crippen molar-refractivity contribution >= 4 is 0 Å². The first-order valence-electron chi connectivity index (χ1n) is 9.42. The molecule has 1 heterocycles. The summed E-state index contributed by atoms with van der Waals surface area (Å²) in [6, 6.07) is 0. The lowest BCUT2D eigenvalue weighted by molar-refractivity contribution is 0.596. The minimum absolute atomic E-state index is 1.24. The average Bonchev–Trinajstić information content (AvgIpc) is 2.54. The van der Waals surface area contributed by atoms with Gasteiger partial charge in [0.1, 0.15) is 0 Å². The second-order valence-electron chi connectivity index (χ2n) is 7.02. The zero-order valence-corrected chi connectivity index (χ0v) is 13.8. The van der Waals surface area contributed by atoms with Gasteiger partial charge in [-0.25, -0.2) is 0 Å². The fourth-order valence-corrected chi connectivity index (χ4v) is 4.23. The van der Waals surface area contributed by atoms with Crippen molar-refractivity contribution < 1.29 is 0 Å². The highest BCUT2D eigenvalue weighted by Gasteiger charge is 2.22. The molecular formula is C20H31N. The first-order valence-corrected chi connectivity index (χ1v) is 9.42. The van der Waals surface area contributed by atoms with Crippen LogP contribution in [-0.2, 0) is 32.1 Å². The first-order chi connectivity index (χ1) is 10.4. The van der Waals surface area contributed by atoms with Crippen molar-refractivity contribution in [2.45, 2.75) is 96.8 Å². The van der Waals surface area contributed by atoms with E-state index in [1.807, 2.05) is 0 Å². The second-order valence-corrected chi connectivity index (χ2v) is 7.02. The Morgan fingerprint density at radius 2 is 1.38 bits per heavy atom. The van der Waals surface area contributed by atoms with E-state index in [-0.39, 0.29) is 0 Å². The molecule has 0 fully saturated rings. The zero-order valence-electron chi connectivity index (χ0n) is 13.8. The summed E-state index contributed by atoms with van der Waals surface area (Å²) in [5.41, 5.74) is 8.06. The van der Waals surface area contributed by atoms with Crippen molar-refractivity contribution in [3.8, 4) is 0 Å². The zero-order chi connectivity index (χ0) is 14.5. The minimum atomic E-state index is 1.24. The van der Waals surface area contributed by atoms with Crippen LogP contribution in [0.15, 0.2) is 0 Å². The summed E-state index contributed by atoms with van der Waals surface area (Å²) >= 11 is 0. The quantitative estimate of drug-likeness (QED) is 0.642. The van der Waals surface area contributed by atoms with Gasteiger partial charge in [0.2, 0.25) is 0 Å². The van der Waals surface area contributed by atoms with Crippen molar-refractivity contribution in [1.82, 2.24) is 4.98 Å². The summed E-state index contributed by atoms with van der Waals surface area (Å²) in [4.78, 5) is 5.14. The Balaban J connectivity index is 1.76. The van der Waals surface area contributed by atoms with Crippen LogP contribution >= 0.6 is 0 Å². The minimum Gasteiger partial charge on any atom is -0.257 e. The number of nitrogens with zero attached hydrogens (tertiary/aromatic N) is 1. The monoisotopic (exact) mass is 285 g/mol. The predicted octanol–water partition coefficient (Wildman–Crippen LogP) is 5.35. The van der Waals surface area contributed by atoms with Crippen LogP contribution in [0.1, 0.15) is 92.8 Å². The molecule has 0 amide bonds. The lowest BCUT2D eigenvalue weighted by atomic mass is 9.81. The molecule has 0 aliphatic heterocycles. The number of rotatable bonds is 6. The number of hydrogen-bond donors (Lipinski definition) is 0. The Kier molecular flexibility index (Phi) is 5.32. The maximum atomic E-state index is 5.14. The van der Waals surface area contributed by atoms with Gasteiger partial charge in [0.05, 0.1) is 0 Å². The molecule has 116 valence electrons. The number of aromatic nitrogens is 1. The Bertz CT molecular complexity index is 475. The SMILES string of the molecule is CCCCCCCc1nc2c(c3c1CCCC3)CCCC2. The Hall–Kier alpha value is -0.850. The van der Waals surface area contributed by atoms with Crippen molar-refractivity contribution in [3.63, 3.8) is 0 Å². The third kappa shape index (κ3) is 3.49. The van der Waals surface area contributed by atoms with Gasteiger partial charge in [-0.1, -0.05) is 32.6 Å². The summed E-state index contributed by atoms with van der Waals surface area (Å²) in [5, 5.41) is 0.